The number of rotatable bonds is 6. The van der Waals surface area contributed by atoms with E-state index in [1.165, 1.54) is 12.1 Å². The van der Waals surface area contributed by atoms with Gasteiger partial charge in [-0.2, -0.15) is 0 Å². The quantitative estimate of drug-likeness (QED) is 0.766. The molecule has 3 rings (SSSR count). The highest BCUT2D eigenvalue weighted by Crippen LogP contribution is 2.25. The Morgan fingerprint density at radius 3 is 2.35 bits per heavy atom. The van der Waals surface area contributed by atoms with Crippen molar-refractivity contribution < 1.29 is 19.1 Å². The molecule has 134 valence electrons. The maximum absolute atomic E-state index is 12.3. The lowest BCUT2D eigenvalue weighted by Gasteiger charge is -2.14. The highest BCUT2D eigenvalue weighted by molar-refractivity contribution is 6.32. The van der Waals surface area contributed by atoms with Gasteiger partial charge in [-0.05, 0) is 42.5 Å². The molecule has 0 saturated carbocycles. The minimum Gasteiger partial charge on any atom is -0.484 e. The fraction of sp³-hybridized carbons (Fsp3) is 0.167. The van der Waals surface area contributed by atoms with E-state index in [9.17, 15) is 14.4 Å². The van der Waals surface area contributed by atoms with Crippen LogP contribution in [-0.2, 0) is 4.79 Å². The van der Waals surface area contributed by atoms with Gasteiger partial charge in [-0.15, -0.1) is 0 Å². The lowest BCUT2D eigenvalue weighted by Crippen LogP contribution is -2.39. The summed E-state index contributed by atoms with van der Waals surface area (Å²) in [5, 5.41) is 3.57. The van der Waals surface area contributed by atoms with Gasteiger partial charge in [0.2, 0.25) is 0 Å². The summed E-state index contributed by atoms with van der Waals surface area (Å²) in [5.74, 6) is -0.658. The van der Waals surface area contributed by atoms with Crippen molar-refractivity contribution in [3.8, 4) is 5.75 Å². The molecule has 0 fully saturated rings. The summed E-state index contributed by atoms with van der Waals surface area (Å²) in [5.41, 5.74) is 0.594. The molecule has 0 radical (unpaired) electrons. The van der Waals surface area contributed by atoms with Crippen molar-refractivity contribution >= 4 is 40.9 Å². The first-order chi connectivity index (χ1) is 12.5. The maximum atomic E-state index is 12.3. The summed E-state index contributed by atoms with van der Waals surface area (Å²) in [4.78, 5) is 37.4. The molecule has 8 heteroatoms. The van der Waals surface area contributed by atoms with E-state index >= 15 is 0 Å². The van der Waals surface area contributed by atoms with Crippen LogP contribution in [0.1, 0.15) is 20.7 Å². The van der Waals surface area contributed by atoms with Crippen LogP contribution in [0.5, 0.6) is 5.75 Å². The van der Waals surface area contributed by atoms with E-state index in [-0.39, 0.29) is 31.2 Å². The minimum atomic E-state index is -0.417. The number of carbonyl (C=O) groups excluding carboxylic acids is 3. The Bertz CT molecular complexity index is 868. The van der Waals surface area contributed by atoms with Crippen molar-refractivity contribution in [1.82, 2.24) is 10.2 Å². The standard InChI is InChI=1S/C18H14Cl2N2O4/c19-11-1-4-13(5-2-11)26-10-16(23)21-7-8-22-17(24)14-6-3-12(20)9-15(14)18(22)25/h1-6,9H,7-8,10H2,(H,21,23). The van der Waals surface area contributed by atoms with Gasteiger partial charge < -0.3 is 10.1 Å². The fourth-order valence-electron chi connectivity index (χ4n) is 2.50. The first-order valence-corrected chi connectivity index (χ1v) is 8.52. The zero-order valence-electron chi connectivity index (χ0n) is 13.5. The summed E-state index contributed by atoms with van der Waals surface area (Å²) < 4.78 is 5.32. The molecule has 1 N–H and O–H groups in total. The van der Waals surface area contributed by atoms with Gasteiger partial charge in [-0.3, -0.25) is 19.3 Å². The number of ether oxygens (including phenoxy) is 1. The van der Waals surface area contributed by atoms with Crippen LogP contribution in [-0.4, -0.2) is 42.3 Å². The molecule has 0 unspecified atom stereocenters. The smallest absolute Gasteiger partial charge is 0.261 e. The number of hydrogen-bond acceptors (Lipinski definition) is 4. The van der Waals surface area contributed by atoms with Crippen molar-refractivity contribution in [3.63, 3.8) is 0 Å². The molecule has 1 aliphatic rings. The molecule has 0 atom stereocenters. The number of halogens is 2. The zero-order chi connectivity index (χ0) is 18.7. The molecule has 2 aromatic carbocycles. The van der Waals surface area contributed by atoms with E-state index in [4.69, 9.17) is 27.9 Å². The average molecular weight is 393 g/mol. The van der Waals surface area contributed by atoms with Crippen LogP contribution in [0, 0.1) is 0 Å². The highest BCUT2D eigenvalue weighted by atomic mass is 35.5. The molecular formula is C18H14Cl2N2O4. The van der Waals surface area contributed by atoms with E-state index in [0.717, 1.165) is 4.90 Å². The van der Waals surface area contributed by atoms with Crippen LogP contribution in [0.3, 0.4) is 0 Å². The number of hydrogen-bond donors (Lipinski definition) is 1. The summed E-state index contributed by atoms with van der Waals surface area (Å²) in [7, 11) is 0. The van der Waals surface area contributed by atoms with E-state index in [1.807, 2.05) is 0 Å². The van der Waals surface area contributed by atoms with Crippen molar-refractivity contribution in [3.05, 3.63) is 63.6 Å². The third kappa shape index (κ3) is 3.98. The third-order valence-electron chi connectivity index (χ3n) is 3.77. The average Bonchev–Trinajstić information content (AvgIpc) is 2.85. The van der Waals surface area contributed by atoms with Gasteiger partial charge in [0.25, 0.3) is 17.7 Å². The summed E-state index contributed by atoms with van der Waals surface area (Å²) in [6.07, 6.45) is 0. The molecular weight excluding hydrogens is 379 g/mol. The monoisotopic (exact) mass is 392 g/mol. The Balaban J connectivity index is 1.47. The Morgan fingerprint density at radius 2 is 1.62 bits per heavy atom. The fourth-order valence-corrected chi connectivity index (χ4v) is 2.80. The molecule has 0 spiro atoms. The predicted octanol–water partition coefficient (Wildman–Crippen LogP) is 2.78. The lowest BCUT2D eigenvalue weighted by atomic mass is 10.1. The van der Waals surface area contributed by atoms with E-state index in [0.29, 0.717) is 21.4 Å². The maximum Gasteiger partial charge on any atom is 0.261 e. The van der Waals surface area contributed by atoms with Crippen LogP contribution in [0.15, 0.2) is 42.5 Å². The molecule has 0 aliphatic carbocycles. The Labute approximate surface area is 159 Å². The molecule has 0 saturated heterocycles. The van der Waals surface area contributed by atoms with Gasteiger partial charge in [-0.1, -0.05) is 23.2 Å². The molecule has 1 aliphatic heterocycles. The van der Waals surface area contributed by atoms with Gasteiger partial charge in [0.1, 0.15) is 5.75 Å². The second-order valence-corrected chi connectivity index (χ2v) is 6.42. The number of nitrogens with one attached hydrogen (secondary N) is 1. The van der Waals surface area contributed by atoms with Gasteiger partial charge in [0, 0.05) is 23.1 Å². The SMILES string of the molecule is O=C(COc1ccc(Cl)cc1)NCCN1C(=O)c2ccc(Cl)cc2C1=O. The summed E-state index contributed by atoms with van der Waals surface area (Å²) in [6, 6.07) is 11.2. The minimum absolute atomic E-state index is 0.0661. The molecule has 0 bridgehead atoms. The molecule has 1 heterocycles. The van der Waals surface area contributed by atoms with E-state index in [1.54, 1.807) is 30.3 Å². The van der Waals surface area contributed by atoms with Crippen molar-refractivity contribution in [2.24, 2.45) is 0 Å². The number of fused-ring (bicyclic) bond motifs is 1. The first kappa shape index (κ1) is 18.2. The number of nitrogens with zero attached hydrogens (tertiary/aromatic N) is 1. The zero-order valence-corrected chi connectivity index (χ0v) is 15.0. The van der Waals surface area contributed by atoms with Gasteiger partial charge >= 0.3 is 0 Å². The van der Waals surface area contributed by atoms with Gasteiger partial charge in [-0.25, -0.2) is 0 Å². The molecule has 2 aromatic rings. The number of carbonyl (C=O) groups is 3. The second kappa shape index (κ2) is 7.76. The van der Waals surface area contributed by atoms with Crippen LogP contribution >= 0.6 is 23.2 Å². The Kier molecular flexibility index (Phi) is 5.44. The van der Waals surface area contributed by atoms with E-state index < -0.39 is 11.8 Å². The van der Waals surface area contributed by atoms with Gasteiger partial charge in [0.15, 0.2) is 6.61 Å². The normalized spacial score (nSPS) is 12.9. The number of imide groups is 1. The lowest BCUT2D eigenvalue weighted by molar-refractivity contribution is -0.123. The van der Waals surface area contributed by atoms with Crippen molar-refractivity contribution in [2.75, 3.05) is 19.7 Å². The number of benzene rings is 2. The Morgan fingerprint density at radius 1 is 0.962 bits per heavy atom. The van der Waals surface area contributed by atoms with Crippen molar-refractivity contribution in [2.45, 2.75) is 0 Å². The molecule has 6 nitrogen and oxygen atoms in total. The predicted molar refractivity (Wildman–Crippen MR) is 96.8 cm³/mol. The number of amides is 3. The van der Waals surface area contributed by atoms with Crippen molar-refractivity contribution in [1.29, 1.82) is 0 Å². The van der Waals surface area contributed by atoms with Crippen LogP contribution < -0.4 is 10.1 Å². The van der Waals surface area contributed by atoms with E-state index in [2.05, 4.69) is 5.32 Å². The molecule has 3 amide bonds. The summed E-state index contributed by atoms with van der Waals surface area (Å²) in [6.45, 7) is 0.0119. The Hall–Kier alpha value is -2.57. The van der Waals surface area contributed by atoms with Crippen LogP contribution in [0.2, 0.25) is 10.0 Å². The largest absolute Gasteiger partial charge is 0.484 e. The highest BCUT2D eigenvalue weighted by Gasteiger charge is 2.35. The topological polar surface area (TPSA) is 75.7 Å². The van der Waals surface area contributed by atoms with Gasteiger partial charge in [0.05, 0.1) is 11.1 Å². The molecule has 0 aromatic heterocycles. The van der Waals surface area contributed by atoms with Crippen LogP contribution in [0.25, 0.3) is 0 Å². The first-order valence-electron chi connectivity index (χ1n) is 7.76. The third-order valence-corrected chi connectivity index (χ3v) is 4.26. The van der Waals surface area contributed by atoms with Crippen LogP contribution in [0.4, 0.5) is 0 Å². The molecule has 26 heavy (non-hydrogen) atoms. The second-order valence-electron chi connectivity index (χ2n) is 5.54. The summed E-state index contributed by atoms with van der Waals surface area (Å²) >= 11 is 11.6.